The van der Waals surface area contributed by atoms with Crippen molar-refractivity contribution in [2.45, 2.75) is 31.8 Å². The number of hydrogen-bond donors (Lipinski definition) is 1. The number of benzene rings is 1. The number of methoxy groups -OCH3 is 2. The molecule has 0 aromatic heterocycles. The van der Waals surface area contributed by atoms with Crippen molar-refractivity contribution in [1.29, 1.82) is 0 Å². The summed E-state index contributed by atoms with van der Waals surface area (Å²) in [6.45, 7) is 2.20. The first kappa shape index (κ1) is 13.5. The fourth-order valence-corrected chi connectivity index (χ4v) is 3.49. The summed E-state index contributed by atoms with van der Waals surface area (Å²) in [5.74, 6) is 3.35. The molecule has 108 valence electrons. The maximum absolute atomic E-state index is 5.49. The number of allylic oxidation sites excluding steroid dienone is 1. The van der Waals surface area contributed by atoms with Crippen LogP contribution in [0.25, 0.3) is 0 Å². The first-order valence-electron chi connectivity index (χ1n) is 7.37. The lowest BCUT2D eigenvalue weighted by atomic mass is 9.71. The van der Waals surface area contributed by atoms with Gasteiger partial charge in [-0.1, -0.05) is 18.2 Å². The molecule has 0 spiro atoms. The summed E-state index contributed by atoms with van der Waals surface area (Å²) in [7, 11) is 3.39. The van der Waals surface area contributed by atoms with E-state index in [1.54, 1.807) is 14.2 Å². The topological polar surface area (TPSA) is 30.5 Å². The van der Waals surface area contributed by atoms with E-state index >= 15 is 0 Å². The number of rotatable bonds is 5. The Bertz CT molecular complexity index is 512. The Kier molecular flexibility index (Phi) is 3.70. The number of fused-ring (bicyclic) bond motifs is 1. The van der Waals surface area contributed by atoms with Gasteiger partial charge in [-0.25, -0.2) is 0 Å². The lowest BCUT2D eigenvalue weighted by Gasteiger charge is -2.42. The van der Waals surface area contributed by atoms with Crippen LogP contribution in [0.15, 0.2) is 30.4 Å². The van der Waals surface area contributed by atoms with Crippen LogP contribution in [0.5, 0.6) is 11.5 Å². The van der Waals surface area contributed by atoms with E-state index in [2.05, 4.69) is 30.5 Å². The Balaban J connectivity index is 1.70. The van der Waals surface area contributed by atoms with Crippen LogP contribution >= 0.6 is 0 Å². The van der Waals surface area contributed by atoms with Crippen molar-refractivity contribution in [1.82, 2.24) is 5.32 Å². The summed E-state index contributed by atoms with van der Waals surface area (Å²) in [6.07, 6.45) is 7.27. The molecule has 4 unspecified atom stereocenters. The lowest BCUT2D eigenvalue weighted by Crippen LogP contribution is -2.48. The molecular weight excluding hydrogens is 250 g/mol. The van der Waals surface area contributed by atoms with Gasteiger partial charge in [0.15, 0.2) is 0 Å². The minimum absolute atomic E-state index is 0.288. The monoisotopic (exact) mass is 273 g/mol. The zero-order valence-corrected chi connectivity index (χ0v) is 12.4. The van der Waals surface area contributed by atoms with Gasteiger partial charge in [-0.2, -0.15) is 0 Å². The van der Waals surface area contributed by atoms with Gasteiger partial charge in [0.05, 0.1) is 14.2 Å². The van der Waals surface area contributed by atoms with Crippen molar-refractivity contribution in [3.8, 4) is 11.5 Å². The average molecular weight is 273 g/mol. The predicted octanol–water partition coefficient (Wildman–Crippen LogP) is 3.32. The van der Waals surface area contributed by atoms with Crippen molar-refractivity contribution in [3.63, 3.8) is 0 Å². The minimum Gasteiger partial charge on any atom is -0.497 e. The largest absolute Gasteiger partial charge is 0.497 e. The van der Waals surface area contributed by atoms with E-state index in [9.17, 15) is 0 Å². The summed E-state index contributed by atoms with van der Waals surface area (Å²) >= 11 is 0. The van der Waals surface area contributed by atoms with Crippen LogP contribution in [0, 0.1) is 11.8 Å². The third kappa shape index (κ3) is 2.31. The SMILES string of the molecule is COc1ccc(C(C)NC2CC3CC=CC32)c(OC)c1. The summed E-state index contributed by atoms with van der Waals surface area (Å²) in [5.41, 5.74) is 1.19. The van der Waals surface area contributed by atoms with Gasteiger partial charge in [0, 0.05) is 23.7 Å². The fraction of sp³-hybridized carbons (Fsp3) is 0.529. The molecule has 1 fully saturated rings. The fourth-order valence-electron chi connectivity index (χ4n) is 3.49. The maximum Gasteiger partial charge on any atom is 0.127 e. The molecule has 1 aromatic carbocycles. The van der Waals surface area contributed by atoms with Crippen LogP contribution in [0.1, 0.15) is 31.4 Å². The Morgan fingerprint density at radius 3 is 2.80 bits per heavy atom. The number of hydrogen-bond acceptors (Lipinski definition) is 3. The molecule has 3 heteroatoms. The Hall–Kier alpha value is -1.48. The van der Waals surface area contributed by atoms with Crippen molar-refractivity contribution in [3.05, 3.63) is 35.9 Å². The highest BCUT2D eigenvalue weighted by atomic mass is 16.5. The van der Waals surface area contributed by atoms with Crippen molar-refractivity contribution < 1.29 is 9.47 Å². The first-order valence-corrected chi connectivity index (χ1v) is 7.37. The second-order valence-corrected chi connectivity index (χ2v) is 5.84. The van der Waals surface area contributed by atoms with Crippen LogP contribution in [0.4, 0.5) is 0 Å². The number of nitrogens with one attached hydrogen (secondary N) is 1. The summed E-state index contributed by atoms with van der Waals surface area (Å²) in [6, 6.07) is 6.94. The van der Waals surface area contributed by atoms with E-state index in [0.717, 1.165) is 23.3 Å². The molecule has 0 heterocycles. The number of ether oxygens (including phenoxy) is 2. The second-order valence-electron chi connectivity index (χ2n) is 5.84. The van der Waals surface area contributed by atoms with Gasteiger partial charge in [-0.15, -0.1) is 0 Å². The van der Waals surface area contributed by atoms with Gasteiger partial charge < -0.3 is 14.8 Å². The third-order valence-corrected chi connectivity index (χ3v) is 4.73. The molecule has 3 rings (SSSR count). The van der Waals surface area contributed by atoms with E-state index in [0.29, 0.717) is 6.04 Å². The highest BCUT2D eigenvalue weighted by molar-refractivity contribution is 5.42. The molecule has 2 aliphatic rings. The molecule has 0 bridgehead atoms. The molecule has 2 aliphatic carbocycles. The molecule has 4 atom stereocenters. The quantitative estimate of drug-likeness (QED) is 0.835. The standard InChI is InChI=1S/C17H23NO2/c1-11(18-16-9-12-5-4-6-15(12)16)14-8-7-13(19-2)10-17(14)20-3/h4,6-8,10-12,15-16,18H,5,9H2,1-3H3. The zero-order chi connectivity index (χ0) is 14.1. The van der Waals surface area contributed by atoms with Gasteiger partial charge >= 0.3 is 0 Å². The zero-order valence-electron chi connectivity index (χ0n) is 12.4. The van der Waals surface area contributed by atoms with Gasteiger partial charge in [0.1, 0.15) is 11.5 Å². The highest BCUT2D eigenvalue weighted by Gasteiger charge is 2.41. The van der Waals surface area contributed by atoms with E-state index < -0.39 is 0 Å². The Morgan fingerprint density at radius 2 is 2.10 bits per heavy atom. The minimum atomic E-state index is 0.288. The third-order valence-electron chi connectivity index (χ3n) is 4.73. The van der Waals surface area contributed by atoms with Crippen molar-refractivity contribution >= 4 is 0 Å². The molecule has 1 aromatic rings. The normalized spacial score (nSPS) is 28.6. The Morgan fingerprint density at radius 1 is 1.25 bits per heavy atom. The van der Waals surface area contributed by atoms with Gasteiger partial charge in [0.2, 0.25) is 0 Å². The molecule has 0 saturated heterocycles. The van der Waals surface area contributed by atoms with Crippen LogP contribution in [-0.4, -0.2) is 20.3 Å². The summed E-state index contributed by atoms with van der Waals surface area (Å²) in [4.78, 5) is 0. The van der Waals surface area contributed by atoms with Crippen LogP contribution in [0.3, 0.4) is 0 Å². The van der Waals surface area contributed by atoms with Crippen LogP contribution < -0.4 is 14.8 Å². The highest BCUT2D eigenvalue weighted by Crippen LogP contribution is 2.43. The van der Waals surface area contributed by atoms with Crippen LogP contribution in [-0.2, 0) is 0 Å². The Labute approximate surface area is 121 Å². The molecule has 1 saturated carbocycles. The van der Waals surface area contributed by atoms with Gasteiger partial charge in [0.25, 0.3) is 0 Å². The lowest BCUT2D eigenvalue weighted by molar-refractivity contribution is 0.152. The smallest absolute Gasteiger partial charge is 0.127 e. The summed E-state index contributed by atoms with van der Waals surface area (Å²) < 4.78 is 10.7. The predicted molar refractivity (Wildman–Crippen MR) is 80.2 cm³/mol. The molecule has 3 nitrogen and oxygen atoms in total. The van der Waals surface area contributed by atoms with Crippen LogP contribution in [0.2, 0.25) is 0 Å². The van der Waals surface area contributed by atoms with Crippen molar-refractivity contribution in [2.75, 3.05) is 14.2 Å². The summed E-state index contributed by atoms with van der Waals surface area (Å²) in [5, 5.41) is 3.74. The van der Waals surface area contributed by atoms with Gasteiger partial charge in [-0.3, -0.25) is 0 Å². The molecular formula is C17H23NO2. The van der Waals surface area contributed by atoms with E-state index in [1.165, 1.54) is 18.4 Å². The van der Waals surface area contributed by atoms with Gasteiger partial charge in [-0.05, 0) is 37.7 Å². The van der Waals surface area contributed by atoms with E-state index in [4.69, 9.17) is 9.47 Å². The molecule has 0 radical (unpaired) electrons. The molecule has 1 N–H and O–H groups in total. The van der Waals surface area contributed by atoms with E-state index in [-0.39, 0.29) is 6.04 Å². The van der Waals surface area contributed by atoms with Crippen molar-refractivity contribution in [2.24, 2.45) is 11.8 Å². The molecule has 20 heavy (non-hydrogen) atoms. The average Bonchev–Trinajstić information content (AvgIpc) is 2.85. The van der Waals surface area contributed by atoms with E-state index in [1.807, 2.05) is 12.1 Å². The first-order chi connectivity index (χ1) is 9.72. The maximum atomic E-state index is 5.49. The molecule has 0 aliphatic heterocycles. The second kappa shape index (κ2) is 5.49. The molecule has 0 amide bonds.